The minimum atomic E-state index is -0.557. The summed E-state index contributed by atoms with van der Waals surface area (Å²) in [5.41, 5.74) is 2.72. The van der Waals surface area contributed by atoms with Crippen LogP contribution in [0, 0.1) is 10.5 Å². The number of carbonyl (C=O) groups is 2. The fraction of sp³-hybridized carbons (Fsp3) is 0.115. The number of esters is 2. The fourth-order valence-corrected chi connectivity index (χ4v) is 4.56. The number of hydrogen-bond donors (Lipinski definition) is 0. The molecule has 1 aliphatic heterocycles. The van der Waals surface area contributed by atoms with Gasteiger partial charge in [0.2, 0.25) is 5.90 Å². The SMILES string of the molecule is CCOc1cc(/C=C2\N=C(c3ccc(I)c(Br)c3)OC2=O)cc(Br)c1OC(=O)c1ccccc1C. The Labute approximate surface area is 232 Å². The number of aryl methyl sites for hydroxylation is 1. The molecule has 0 spiro atoms. The molecule has 3 aromatic carbocycles. The summed E-state index contributed by atoms with van der Waals surface area (Å²) >= 11 is 9.15. The summed E-state index contributed by atoms with van der Waals surface area (Å²) in [6.07, 6.45) is 1.59. The van der Waals surface area contributed by atoms with Crippen LogP contribution in [0.25, 0.3) is 6.08 Å². The lowest BCUT2D eigenvalue weighted by atomic mass is 10.1. The van der Waals surface area contributed by atoms with Crippen LogP contribution in [0.1, 0.15) is 34.0 Å². The van der Waals surface area contributed by atoms with E-state index in [1.165, 1.54) is 0 Å². The summed E-state index contributed by atoms with van der Waals surface area (Å²) < 4.78 is 19.2. The average molecular weight is 711 g/mol. The number of halogens is 3. The topological polar surface area (TPSA) is 74.2 Å². The molecule has 0 saturated carbocycles. The van der Waals surface area contributed by atoms with Crippen molar-refractivity contribution in [2.45, 2.75) is 13.8 Å². The van der Waals surface area contributed by atoms with Crippen molar-refractivity contribution in [1.82, 2.24) is 0 Å². The molecular formula is C26H18Br2INO5. The molecule has 0 unspecified atom stereocenters. The molecule has 178 valence electrons. The third-order valence-corrected chi connectivity index (χ3v) is 7.91. The van der Waals surface area contributed by atoms with Gasteiger partial charge in [0.15, 0.2) is 17.2 Å². The molecule has 9 heteroatoms. The molecule has 0 aliphatic carbocycles. The number of aliphatic imine (C=N–C) groups is 1. The number of cyclic esters (lactones) is 1. The second-order valence-corrected chi connectivity index (χ2v) is 10.3. The highest BCUT2D eigenvalue weighted by Crippen LogP contribution is 2.38. The highest BCUT2D eigenvalue weighted by molar-refractivity contribution is 14.1. The molecule has 0 amide bonds. The Balaban J connectivity index is 1.66. The van der Waals surface area contributed by atoms with Crippen LogP contribution < -0.4 is 9.47 Å². The minimum Gasteiger partial charge on any atom is -0.490 e. The van der Waals surface area contributed by atoms with Gasteiger partial charge in [-0.15, -0.1) is 0 Å². The molecule has 35 heavy (non-hydrogen) atoms. The van der Waals surface area contributed by atoms with Gasteiger partial charge in [-0.3, -0.25) is 0 Å². The van der Waals surface area contributed by atoms with E-state index in [1.807, 2.05) is 44.2 Å². The van der Waals surface area contributed by atoms with Gasteiger partial charge in [0.1, 0.15) is 0 Å². The van der Waals surface area contributed by atoms with Gasteiger partial charge in [0.25, 0.3) is 0 Å². The molecular weight excluding hydrogens is 693 g/mol. The van der Waals surface area contributed by atoms with E-state index in [0.717, 1.165) is 13.6 Å². The predicted octanol–water partition coefficient (Wildman–Crippen LogP) is 7.09. The molecule has 6 nitrogen and oxygen atoms in total. The number of rotatable bonds is 6. The van der Waals surface area contributed by atoms with E-state index in [0.29, 0.717) is 33.5 Å². The first-order valence-electron chi connectivity index (χ1n) is 10.5. The molecule has 0 bridgehead atoms. The molecule has 0 saturated heterocycles. The van der Waals surface area contributed by atoms with Crippen LogP contribution in [0.4, 0.5) is 0 Å². The highest BCUT2D eigenvalue weighted by Gasteiger charge is 2.25. The summed E-state index contributed by atoms with van der Waals surface area (Å²) in [7, 11) is 0. The maximum Gasteiger partial charge on any atom is 0.363 e. The molecule has 0 N–H and O–H groups in total. The summed E-state index contributed by atoms with van der Waals surface area (Å²) in [4.78, 5) is 29.6. The second kappa shape index (κ2) is 11.0. The number of benzene rings is 3. The maximum absolute atomic E-state index is 12.8. The molecule has 0 fully saturated rings. The Morgan fingerprint density at radius 1 is 1.11 bits per heavy atom. The lowest BCUT2D eigenvalue weighted by Gasteiger charge is -2.14. The molecule has 0 radical (unpaired) electrons. The lowest BCUT2D eigenvalue weighted by molar-refractivity contribution is -0.129. The Hall–Kier alpha value is -2.50. The van der Waals surface area contributed by atoms with Gasteiger partial charge >= 0.3 is 11.9 Å². The number of ether oxygens (including phenoxy) is 3. The van der Waals surface area contributed by atoms with E-state index in [-0.39, 0.29) is 17.3 Å². The summed E-state index contributed by atoms with van der Waals surface area (Å²) in [6.45, 7) is 4.03. The van der Waals surface area contributed by atoms with Crippen LogP contribution in [0.15, 0.2) is 74.2 Å². The van der Waals surface area contributed by atoms with Gasteiger partial charge in [-0.05, 0) is 122 Å². The van der Waals surface area contributed by atoms with Crippen LogP contribution in [0.2, 0.25) is 0 Å². The van der Waals surface area contributed by atoms with Crippen LogP contribution in [0.5, 0.6) is 11.5 Å². The maximum atomic E-state index is 12.8. The molecule has 0 aromatic heterocycles. The number of hydrogen-bond acceptors (Lipinski definition) is 6. The van der Waals surface area contributed by atoms with Crippen molar-refractivity contribution < 1.29 is 23.8 Å². The largest absolute Gasteiger partial charge is 0.490 e. The molecule has 0 atom stereocenters. The van der Waals surface area contributed by atoms with E-state index >= 15 is 0 Å². The van der Waals surface area contributed by atoms with Crippen molar-refractivity contribution in [3.05, 3.63) is 95.1 Å². The quantitative estimate of drug-likeness (QED) is 0.118. The van der Waals surface area contributed by atoms with Gasteiger partial charge in [-0.1, -0.05) is 18.2 Å². The van der Waals surface area contributed by atoms with Crippen LogP contribution in [-0.2, 0) is 9.53 Å². The van der Waals surface area contributed by atoms with Crippen molar-refractivity contribution in [1.29, 1.82) is 0 Å². The van der Waals surface area contributed by atoms with Crippen molar-refractivity contribution in [2.24, 2.45) is 4.99 Å². The van der Waals surface area contributed by atoms with Crippen molar-refractivity contribution in [3.8, 4) is 11.5 Å². The zero-order valence-corrected chi connectivity index (χ0v) is 23.9. The second-order valence-electron chi connectivity index (χ2n) is 7.43. The summed E-state index contributed by atoms with van der Waals surface area (Å²) in [5.74, 6) is -0.213. The van der Waals surface area contributed by atoms with Crippen LogP contribution in [0.3, 0.4) is 0 Å². The first kappa shape index (κ1) is 25.6. The van der Waals surface area contributed by atoms with Crippen molar-refractivity contribution >= 4 is 78.4 Å². The smallest absolute Gasteiger partial charge is 0.363 e. The molecule has 1 aliphatic rings. The van der Waals surface area contributed by atoms with Gasteiger partial charge in [-0.25, -0.2) is 14.6 Å². The lowest BCUT2D eigenvalue weighted by Crippen LogP contribution is -2.11. The number of nitrogens with zero attached hydrogens (tertiary/aromatic N) is 1. The first-order chi connectivity index (χ1) is 16.8. The van der Waals surface area contributed by atoms with E-state index in [1.54, 1.807) is 30.3 Å². The summed E-state index contributed by atoms with van der Waals surface area (Å²) in [6, 6.07) is 16.2. The molecule has 3 aromatic rings. The predicted molar refractivity (Wildman–Crippen MR) is 149 cm³/mol. The molecule has 4 rings (SSSR count). The third kappa shape index (κ3) is 5.84. The van der Waals surface area contributed by atoms with Gasteiger partial charge in [0, 0.05) is 13.6 Å². The third-order valence-electron chi connectivity index (χ3n) is 4.98. The van der Waals surface area contributed by atoms with E-state index in [2.05, 4.69) is 59.4 Å². The summed E-state index contributed by atoms with van der Waals surface area (Å²) in [5, 5.41) is 0. The Kier molecular flexibility index (Phi) is 8.08. The Bertz CT molecular complexity index is 1400. The standard InChI is InChI=1S/C26H18Br2INO5/c1-3-33-22-12-15(10-19(28)23(22)34-25(31)17-7-5-4-6-14(17)2)11-21-26(32)35-24(30-21)16-8-9-20(29)18(27)13-16/h4-13H,3H2,1-2H3/b21-11-. The first-order valence-corrected chi connectivity index (χ1v) is 13.2. The van der Waals surface area contributed by atoms with E-state index in [4.69, 9.17) is 14.2 Å². The monoisotopic (exact) mass is 709 g/mol. The zero-order valence-electron chi connectivity index (χ0n) is 18.6. The van der Waals surface area contributed by atoms with E-state index in [9.17, 15) is 9.59 Å². The van der Waals surface area contributed by atoms with Crippen LogP contribution >= 0.6 is 54.5 Å². The minimum absolute atomic E-state index is 0.147. The zero-order chi connectivity index (χ0) is 25.1. The Morgan fingerprint density at radius 3 is 2.60 bits per heavy atom. The van der Waals surface area contributed by atoms with Gasteiger partial charge in [-0.2, -0.15) is 0 Å². The van der Waals surface area contributed by atoms with Crippen molar-refractivity contribution in [2.75, 3.05) is 6.61 Å². The average Bonchev–Trinajstić information content (AvgIpc) is 3.18. The van der Waals surface area contributed by atoms with Crippen LogP contribution in [-0.4, -0.2) is 24.4 Å². The molecule has 1 heterocycles. The fourth-order valence-electron chi connectivity index (χ4n) is 3.30. The van der Waals surface area contributed by atoms with Gasteiger partial charge in [0.05, 0.1) is 16.6 Å². The number of carbonyl (C=O) groups excluding carboxylic acids is 2. The Morgan fingerprint density at radius 2 is 1.89 bits per heavy atom. The normalized spacial score (nSPS) is 14.0. The van der Waals surface area contributed by atoms with E-state index < -0.39 is 11.9 Å². The van der Waals surface area contributed by atoms with Gasteiger partial charge < -0.3 is 14.2 Å². The highest BCUT2D eigenvalue weighted by atomic mass is 127. The van der Waals surface area contributed by atoms with Crippen molar-refractivity contribution in [3.63, 3.8) is 0 Å².